The van der Waals surface area contributed by atoms with E-state index >= 15 is 0 Å². The first-order valence-electron chi connectivity index (χ1n) is 4.65. The first kappa shape index (κ1) is 10.8. The maximum Gasteiger partial charge on any atom is 0.204 e. The van der Waals surface area contributed by atoms with Crippen LogP contribution in [0.4, 0.5) is 5.13 Å². The summed E-state index contributed by atoms with van der Waals surface area (Å²) in [6, 6.07) is 4.33. The van der Waals surface area contributed by atoms with Crippen LogP contribution in [0.25, 0.3) is 0 Å². The fourth-order valence-electron chi connectivity index (χ4n) is 1.18. The third-order valence-electron chi connectivity index (χ3n) is 1.92. The molecule has 3 nitrogen and oxygen atoms in total. The van der Waals surface area contributed by atoms with Gasteiger partial charge in [0.1, 0.15) is 0 Å². The van der Waals surface area contributed by atoms with Crippen LogP contribution in [0.3, 0.4) is 0 Å². The van der Waals surface area contributed by atoms with E-state index < -0.39 is 0 Å². The first-order valence-corrected chi connectivity index (χ1v) is 6.69. The molecule has 80 valence electrons. The Kier molecular flexibility index (Phi) is 3.50. The quantitative estimate of drug-likeness (QED) is 0.824. The van der Waals surface area contributed by atoms with Crippen molar-refractivity contribution in [3.05, 3.63) is 25.8 Å². The van der Waals surface area contributed by atoms with Crippen LogP contribution in [-0.4, -0.2) is 10.2 Å². The Morgan fingerprint density at radius 2 is 2.20 bits per heavy atom. The SMILES string of the molecule is CCc1ccc(CNc2n[nH]c(=S)s2)s1. The highest BCUT2D eigenvalue weighted by Gasteiger charge is 2.00. The number of H-pyrrole nitrogens is 1. The highest BCUT2D eigenvalue weighted by molar-refractivity contribution is 7.73. The molecule has 0 aliphatic carbocycles. The van der Waals surface area contributed by atoms with E-state index in [1.54, 1.807) is 0 Å². The van der Waals surface area contributed by atoms with Gasteiger partial charge >= 0.3 is 0 Å². The molecule has 0 spiro atoms. The van der Waals surface area contributed by atoms with Crippen LogP contribution in [0.2, 0.25) is 0 Å². The van der Waals surface area contributed by atoms with Gasteiger partial charge in [-0.25, -0.2) is 0 Å². The minimum Gasteiger partial charge on any atom is -0.355 e. The summed E-state index contributed by atoms with van der Waals surface area (Å²) in [7, 11) is 0. The average Bonchev–Trinajstić information content (AvgIpc) is 2.83. The topological polar surface area (TPSA) is 40.7 Å². The molecule has 0 fully saturated rings. The van der Waals surface area contributed by atoms with Crippen molar-refractivity contribution in [2.45, 2.75) is 19.9 Å². The van der Waals surface area contributed by atoms with E-state index in [2.05, 4.69) is 34.6 Å². The Labute approximate surface area is 101 Å². The summed E-state index contributed by atoms with van der Waals surface area (Å²) < 4.78 is 0.706. The Morgan fingerprint density at radius 1 is 1.40 bits per heavy atom. The normalized spacial score (nSPS) is 10.5. The second-order valence-electron chi connectivity index (χ2n) is 2.99. The van der Waals surface area contributed by atoms with Gasteiger partial charge in [0, 0.05) is 9.75 Å². The summed E-state index contributed by atoms with van der Waals surface area (Å²) >= 11 is 8.25. The highest BCUT2D eigenvalue weighted by atomic mass is 32.1. The smallest absolute Gasteiger partial charge is 0.204 e. The Hall–Kier alpha value is -0.720. The zero-order chi connectivity index (χ0) is 10.7. The summed E-state index contributed by atoms with van der Waals surface area (Å²) in [5, 5.41) is 10.9. The van der Waals surface area contributed by atoms with Gasteiger partial charge in [-0.3, -0.25) is 5.10 Å². The largest absolute Gasteiger partial charge is 0.355 e. The van der Waals surface area contributed by atoms with Crippen LogP contribution < -0.4 is 5.32 Å². The summed E-state index contributed by atoms with van der Waals surface area (Å²) in [5.74, 6) is 0. The number of anilines is 1. The molecule has 0 radical (unpaired) electrons. The molecule has 0 amide bonds. The van der Waals surface area contributed by atoms with Gasteiger partial charge in [0.25, 0.3) is 0 Å². The van der Waals surface area contributed by atoms with E-state index in [0.717, 1.165) is 18.1 Å². The first-order chi connectivity index (χ1) is 7.28. The van der Waals surface area contributed by atoms with Gasteiger partial charge in [-0.1, -0.05) is 18.3 Å². The number of aryl methyl sites for hydroxylation is 1. The van der Waals surface area contributed by atoms with Crippen molar-refractivity contribution in [2.24, 2.45) is 0 Å². The van der Waals surface area contributed by atoms with E-state index in [1.807, 2.05) is 11.3 Å². The number of hydrogen-bond donors (Lipinski definition) is 2. The monoisotopic (exact) mass is 257 g/mol. The lowest BCUT2D eigenvalue weighted by molar-refractivity contribution is 1.05. The second kappa shape index (κ2) is 4.87. The van der Waals surface area contributed by atoms with E-state index in [9.17, 15) is 0 Å². The molecule has 15 heavy (non-hydrogen) atoms. The summed E-state index contributed by atoms with van der Waals surface area (Å²) in [5.41, 5.74) is 0. The van der Waals surface area contributed by atoms with Gasteiger partial charge in [-0.2, -0.15) is 0 Å². The molecule has 0 bridgehead atoms. The molecule has 2 N–H and O–H groups in total. The molecule has 0 atom stereocenters. The lowest BCUT2D eigenvalue weighted by atomic mass is 10.4. The van der Waals surface area contributed by atoms with E-state index in [4.69, 9.17) is 12.2 Å². The molecule has 0 saturated heterocycles. The third kappa shape index (κ3) is 2.87. The van der Waals surface area contributed by atoms with Crippen molar-refractivity contribution in [3.8, 4) is 0 Å². The van der Waals surface area contributed by atoms with Crippen molar-refractivity contribution in [1.29, 1.82) is 0 Å². The fraction of sp³-hybridized carbons (Fsp3) is 0.333. The van der Waals surface area contributed by atoms with E-state index in [-0.39, 0.29) is 0 Å². The van der Waals surface area contributed by atoms with Crippen LogP contribution >= 0.6 is 34.9 Å². The summed E-state index contributed by atoms with van der Waals surface area (Å²) in [6.07, 6.45) is 1.10. The molecule has 2 rings (SSSR count). The van der Waals surface area contributed by atoms with E-state index in [1.165, 1.54) is 21.1 Å². The van der Waals surface area contributed by atoms with Crippen molar-refractivity contribution in [3.63, 3.8) is 0 Å². The maximum absolute atomic E-state index is 4.95. The van der Waals surface area contributed by atoms with E-state index in [0.29, 0.717) is 3.95 Å². The maximum atomic E-state index is 4.95. The van der Waals surface area contributed by atoms with Crippen LogP contribution in [0, 0.1) is 3.95 Å². The molecule has 2 aromatic heterocycles. The van der Waals surface area contributed by atoms with Gasteiger partial charge < -0.3 is 5.32 Å². The zero-order valence-electron chi connectivity index (χ0n) is 8.24. The lowest BCUT2D eigenvalue weighted by Gasteiger charge is -1.97. The molecule has 0 aliphatic heterocycles. The third-order valence-corrected chi connectivity index (χ3v) is 4.19. The molecule has 2 aromatic rings. The highest BCUT2D eigenvalue weighted by Crippen LogP contribution is 2.19. The number of nitrogens with zero attached hydrogens (tertiary/aromatic N) is 1. The summed E-state index contributed by atoms with van der Waals surface area (Å²) in [4.78, 5) is 2.74. The number of aromatic nitrogens is 2. The Balaban J connectivity index is 1.95. The number of nitrogens with one attached hydrogen (secondary N) is 2. The minimum atomic E-state index is 0.706. The van der Waals surface area contributed by atoms with Crippen molar-refractivity contribution >= 4 is 40.0 Å². The van der Waals surface area contributed by atoms with Gasteiger partial charge in [-0.15, -0.1) is 16.4 Å². The molecule has 0 unspecified atom stereocenters. The predicted molar refractivity (Wildman–Crippen MR) is 68.3 cm³/mol. The molecule has 0 saturated carbocycles. The minimum absolute atomic E-state index is 0.706. The number of rotatable bonds is 4. The molecule has 2 heterocycles. The van der Waals surface area contributed by atoms with Gasteiger partial charge in [0.15, 0.2) is 3.95 Å². The Bertz CT molecular complexity index is 483. The fourth-order valence-corrected chi connectivity index (χ4v) is 2.86. The number of hydrogen-bond acceptors (Lipinski definition) is 5. The van der Waals surface area contributed by atoms with Crippen molar-refractivity contribution < 1.29 is 0 Å². The lowest BCUT2D eigenvalue weighted by Crippen LogP contribution is -1.96. The molecule has 0 aliphatic rings. The zero-order valence-corrected chi connectivity index (χ0v) is 10.7. The molecular weight excluding hydrogens is 246 g/mol. The van der Waals surface area contributed by atoms with Gasteiger partial charge in [0.2, 0.25) is 5.13 Å². The van der Waals surface area contributed by atoms with Crippen LogP contribution in [0.5, 0.6) is 0 Å². The molecule has 0 aromatic carbocycles. The average molecular weight is 257 g/mol. The predicted octanol–water partition coefficient (Wildman–Crippen LogP) is 3.44. The molecular formula is C9H11N3S3. The summed E-state index contributed by atoms with van der Waals surface area (Å²) in [6.45, 7) is 2.99. The van der Waals surface area contributed by atoms with Crippen LogP contribution in [-0.2, 0) is 13.0 Å². The molecule has 6 heteroatoms. The van der Waals surface area contributed by atoms with Crippen molar-refractivity contribution in [2.75, 3.05) is 5.32 Å². The number of aromatic amines is 1. The van der Waals surface area contributed by atoms with Crippen LogP contribution in [0.1, 0.15) is 16.7 Å². The standard InChI is InChI=1S/C9H11N3S3/c1-2-6-3-4-7(14-6)5-10-8-11-12-9(13)15-8/h3-4H,2,5H2,1H3,(H,10,11)(H,12,13). The second-order valence-corrected chi connectivity index (χ2v) is 5.91. The van der Waals surface area contributed by atoms with Gasteiger partial charge in [-0.05, 0) is 30.8 Å². The number of thiophene rings is 1. The Morgan fingerprint density at radius 3 is 2.80 bits per heavy atom. The van der Waals surface area contributed by atoms with Gasteiger partial charge in [0.05, 0.1) is 6.54 Å². The van der Waals surface area contributed by atoms with Crippen LogP contribution in [0.15, 0.2) is 12.1 Å². The van der Waals surface area contributed by atoms with Crippen molar-refractivity contribution in [1.82, 2.24) is 10.2 Å².